The van der Waals surface area contributed by atoms with E-state index >= 15 is 0 Å². The van der Waals surface area contributed by atoms with Crippen LogP contribution in [0.15, 0.2) is 29.8 Å². The van der Waals surface area contributed by atoms with Crippen molar-refractivity contribution in [1.29, 1.82) is 0 Å². The number of carbonyl (C=O) groups is 4. The number of nitrogens with one attached hydrogen (secondary N) is 1. The van der Waals surface area contributed by atoms with Gasteiger partial charge in [0.1, 0.15) is 12.4 Å². The monoisotopic (exact) mass is 702 g/mol. The largest absolute Gasteiger partial charge is 0.459 e. The zero-order chi connectivity index (χ0) is 37.0. The molecule has 49 heavy (non-hydrogen) atoms. The number of hydrogen-bond donors (Lipinski definition) is 3. The SMILES string of the molecule is C=O.CC(C)(C)CC(=O)N1CCC(O)C1.CC(C)(C)OC(=O)CN1CC2(CN(CC(N)=O)C2)C1.CNCc1ccc(-c2scnc2C)cc1. The number of hydrogen-bond acceptors (Lipinski definition) is 11. The van der Waals surface area contributed by atoms with Crippen LogP contribution in [0.4, 0.5) is 0 Å². The van der Waals surface area contributed by atoms with Crippen LogP contribution in [-0.2, 0) is 30.5 Å². The van der Waals surface area contributed by atoms with Crippen molar-refractivity contribution >= 4 is 35.9 Å². The van der Waals surface area contributed by atoms with Crippen LogP contribution in [-0.4, -0.2) is 120 Å². The number of ether oxygens (including phenoxy) is 1. The number of thiazole rings is 1. The highest BCUT2D eigenvalue weighted by Gasteiger charge is 2.52. The Bertz CT molecular complexity index is 1340. The number of amides is 2. The number of esters is 1. The van der Waals surface area contributed by atoms with Crippen molar-refractivity contribution in [2.45, 2.75) is 79.6 Å². The van der Waals surface area contributed by atoms with Gasteiger partial charge in [0.15, 0.2) is 0 Å². The van der Waals surface area contributed by atoms with Crippen LogP contribution in [0.3, 0.4) is 0 Å². The molecular formula is C36H58N6O6S. The van der Waals surface area contributed by atoms with Gasteiger partial charge in [0.2, 0.25) is 11.8 Å². The normalized spacial score (nSPS) is 18.4. The lowest BCUT2D eigenvalue weighted by Crippen LogP contribution is -2.73. The molecule has 1 aromatic heterocycles. The number of aliphatic hydroxyl groups is 1. The predicted octanol–water partition coefficient (Wildman–Crippen LogP) is 3.10. The number of aliphatic hydroxyl groups excluding tert-OH is 1. The average molecular weight is 703 g/mol. The minimum absolute atomic E-state index is 0.0463. The van der Waals surface area contributed by atoms with Crippen molar-refractivity contribution in [3.63, 3.8) is 0 Å². The van der Waals surface area contributed by atoms with Crippen molar-refractivity contribution in [3.05, 3.63) is 41.0 Å². The Labute approximate surface area is 296 Å². The summed E-state index contributed by atoms with van der Waals surface area (Å²) in [6.45, 7) is 22.3. The summed E-state index contributed by atoms with van der Waals surface area (Å²) in [4.78, 5) is 53.5. The third-order valence-corrected chi connectivity index (χ3v) is 8.91. The van der Waals surface area contributed by atoms with Gasteiger partial charge in [0.25, 0.3) is 0 Å². The summed E-state index contributed by atoms with van der Waals surface area (Å²) in [5.41, 5.74) is 10.6. The number of primary amides is 1. The first-order chi connectivity index (χ1) is 22.9. The number of β-amino-alcohol motifs (C(OH)–C–C–N with tert-alkyl or cyclic N) is 1. The van der Waals surface area contributed by atoms with E-state index in [-0.39, 0.29) is 34.7 Å². The molecule has 0 bridgehead atoms. The molecule has 1 aromatic carbocycles. The standard InChI is InChI=1S/C13H23N3O3.C12H14N2S.C10H19NO2.CH2O/c1-12(2,3)19-11(18)5-16-8-13(9-16)6-15(7-13)4-10(14)17;1-9-12(15-8-14-9)11-5-3-10(4-6-11)7-13-2;1-10(2,3)6-9(13)11-5-4-8(12)7-11;1-2/h4-9H2,1-3H3,(H2,14,17);3-6,8,13H,7H2,1-2H3;8,12H,4-7H2,1-3H3;1H2. The fourth-order valence-corrected chi connectivity index (χ4v) is 6.91. The highest BCUT2D eigenvalue weighted by atomic mass is 32.1. The summed E-state index contributed by atoms with van der Waals surface area (Å²) in [5, 5.41) is 12.4. The van der Waals surface area contributed by atoms with Crippen molar-refractivity contribution in [1.82, 2.24) is 25.0 Å². The van der Waals surface area contributed by atoms with Crippen molar-refractivity contribution in [2.75, 3.05) is 59.4 Å². The molecule has 274 valence electrons. The van der Waals surface area contributed by atoms with Gasteiger partial charge < -0.3 is 30.6 Å². The number of aromatic nitrogens is 1. The first-order valence-electron chi connectivity index (χ1n) is 16.7. The van der Waals surface area contributed by atoms with Gasteiger partial charge in [-0.15, -0.1) is 11.3 Å². The lowest BCUT2D eigenvalue weighted by atomic mass is 9.73. The molecule has 3 saturated heterocycles. The van der Waals surface area contributed by atoms with Crippen LogP contribution in [0.25, 0.3) is 10.4 Å². The predicted molar refractivity (Wildman–Crippen MR) is 194 cm³/mol. The highest BCUT2D eigenvalue weighted by Crippen LogP contribution is 2.39. The molecule has 0 radical (unpaired) electrons. The van der Waals surface area contributed by atoms with Gasteiger partial charge in [-0.05, 0) is 57.7 Å². The van der Waals surface area contributed by atoms with E-state index < -0.39 is 5.60 Å². The Morgan fingerprint density at radius 3 is 2.04 bits per heavy atom. The molecule has 1 spiro atoms. The number of benzene rings is 1. The summed E-state index contributed by atoms with van der Waals surface area (Å²) >= 11 is 1.70. The molecule has 4 heterocycles. The molecule has 2 amide bonds. The van der Waals surface area contributed by atoms with Crippen LogP contribution in [0.5, 0.6) is 0 Å². The molecule has 0 aliphatic carbocycles. The second kappa shape index (κ2) is 18.7. The van der Waals surface area contributed by atoms with Crippen LogP contribution < -0.4 is 11.1 Å². The van der Waals surface area contributed by atoms with Crippen molar-refractivity contribution < 1.29 is 29.0 Å². The molecule has 4 N–H and O–H groups in total. The summed E-state index contributed by atoms with van der Waals surface area (Å²) in [6, 6.07) is 8.64. The number of likely N-dealkylation sites (tertiary alicyclic amines) is 3. The Hall–Kier alpha value is -3.23. The summed E-state index contributed by atoms with van der Waals surface area (Å²) < 4.78 is 5.29. The molecule has 3 aliphatic heterocycles. The maximum atomic E-state index is 11.7. The van der Waals surface area contributed by atoms with Gasteiger partial charge in [-0.3, -0.25) is 24.2 Å². The summed E-state index contributed by atoms with van der Waals surface area (Å²) in [5.74, 6) is -0.278. The first-order valence-corrected chi connectivity index (χ1v) is 17.6. The fourth-order valence-electron chi connectivity index (χ4n) is 6.10. The number of aryl methyl sites for hydroxylation is 1. The Morgan fingerprint density at radius 1 is 1.04 bits per heavy atom. The third-order valence-electron chi connectivity index (χ3n) is 7.93. The number of carbonyl (C=O) groups excluding carboxylic acids is 4. The average Bonchev–Trinajstić information content (AvgIpc) is 3.59. The molecule has 12 nitrogen and oxygen atoms in total. The van der Waals surface area contributed by atoms with Crippen LogP contribution in [0.1, 0.15) is 65.6 Å². The molecule has 5 rings (SSSR count). The van der Waals surface area contributed by atoms with Crippen molar-refractivity contribution in [2.24, 2.45) is 16.6 Å². The molecule has 2 aromatic rings. The minimum atomic E-state index is -0.422. The Kier molecular flexibility index (Phi) is 16.0. The zero-order valence-electron chi connectivity index (χ0n) is 30.7. The summed E-state index contributed by atoms with van der Waals surface area (Å²) in [7, 11) is 1.96. The third kappa shape index (κ3) is 14.6. The van der Waals surface area contributed by atoms with E-state index in [4.69, 9.17) is 15.3 Å². The highest BCUT2D eigenvalue weighted by molar-refractivity contribution is 7.13. The molecule has 3 aliphatic rings. The van der Waals surface area contributed by atoms with E-state index in [2.05, 4.69) is 60.2 Å². The maximum Gasteiger partial charge on any atom is 0.320 e. The lowest BCUT2D eigenvalue weighted by molar-refractivity contribution is -0.165. The van der Waals surface area contributed by atoms with Gasteiger partial charge in [-0.2, -0.15) is 0 Å². The van der Waals surface area contributed by atoms with Gasteiger partial charge in [-0.1, -0.05) is 45.0 Å². The van der Waals surface area contributed by atoms with Crippen molar-refractivity contribution in [3.8, 4) is 10.4 Å². The van der Waals surface area contributed by atoms with Crippen LogP contribution in [0, 0.1) is 17.8 Å². The van der Waals surface area contributed by atoms with Gasteiger partial charge >= 0.3 is 5.97 Å². The van der Waals surface area contributed by atoms with E-state index in [0.29, 0.717) is 26.1 Å². The molecule has 1 unspecified atom stereocenters. The number of nitrogens with two attached hydrogens (primary N) is 1. The number of nitrogens with zero attached hydrogens (tertiary/aromatic N) is 4. The zero-order valence-corrected chi connectivity index (χ0v) is 31.5. The second-order valence-electron chi connectivity index (χ2n) is 15.4. The molecule has 0 saturated carbocycles. The molecule has 13 heteroatoms. The topological polar surface area (TPSA) is 158 Å². The van der Waals surface area contributed by atoms with E-state index in [1.807, 2.05) is 51.9 Å². The van der Waals surface area contributed by atoms with Gasteiger partial charge in [0.05, 0.1) is 35.3 Å². The molecular weight excluding hydrogens is 644 g/mol. The summed E-state index contributed by atoms with van der Waals surface area (Å²) in [6.07, 6.45) is 0.999. The maximum absolute atomic E-state index is 11.7. The Balaban J connectivity index is 0.000000253. The minimum Gasteiger partial charge on any atom is -0.459 e. The van der Waals surface area contributed by atoms with Crippen LogP contribution in [0.2, 0.25) is 0 Å². The first kappa shape index (κ1) is 41.9. The Morgan fingerprint density at radius 2 is 1.61 bits per heavy atom. The second-order valence-corrected chi connectivity index (χ2v) is 16.2. The van der Waals surface area contributed by atoms with E-state index in [9.17, 15) is 19.5 Å². The number of rotatable bonds is 8. The van der Waals surface area contributed by atoms with E-state index in [1.165, 1.54) is 16.0 Å². The fraction of sp³-hybridized carbons (Fsp3) is 0.639. The lowest BCUT2D eigenvalue weighted by Gasteiger charge is -2.60. The smallest absolute Gasteiger partial charge is 0.320 e. The molecule has 3 fully saturated rings. The van der Waals surface area contributed by atoms with Crippen LogP contribution >= 0.6 is 11.3 Å². The van der Waals surface area contributed by atoms with Gasteiger partial charge in [-0.25, -0.2) is 4.98 Å². The quantitative estimate of drug-likeness (QED) is 0.349. The molecule has 1 atom stereocenters. The van der Waals surface area contributed by atoms with Gasteiger partial charge in [0, 0.05) is 57.6 Å². The van der Waals surface area contributed by atoms with E-state index in [1.54, 1.807) is 16.2 Å². The van der Waals surface area contributed by atoms with E-state index in [0.717, 1.165) is 51.4 Å².